The van der Waals surface area contributed by atoms with Crippen molar-refractivity contribution in [2.24, 2.45) is 0 Å². The number of carbonyl (C=O) groups is 1. The fourth-order valence-corrected chi connectivity index (χ4v) is 3.93. The molecular formula is C17H13Cl2N3O3S. The highest BCUT2D eigenvalue weighted by atomic mass is 35.5. The van der Waals surface area contributed by atoms with Crippen LogP contribution in [0.5, 0.6) is 0 Å². The lowest BCUT2D eigenvalue weighted by atomic mass is 9.96. The first kappa shape index (κ1) is 18.6. The quantitative estimate of drug-likeness (QED) is 0.546. The van der Waals surface area contributed by atoms with Gasteiger partial charge in [0.15, 0.2) is 0 Å². The first-order valence-corrected chi connectivity index (χ1v) is 9.06. The zero-order valence-corrected chi connectivity index (χ0v) is 15.5. The first-order chi connectivity index (χ1) is 12.5. The number of aliphatic hydroxyl groups excluding tert-OH is 1. The summed E-state index contributed by atoms with van der Waals surface area (Å²) >= 11 is 13.4. The van der Waals surface area contributed by atoms with Crippen LogP contribution in [0, 0.1) is 0 Å². The lowest BCUT2D eigenvalue weighted by Gasteiger charge is -2.21. The molecule has 9 heteroatoms. The average molecular weight is 410 g/mol. The highest BCUT2D eigenvalue weighted by Gasteiger charge is 2.26. The van der Waals surface area contributed by atoms with E-state index in [-0.39, 0.29) is 5.15 Å². The molecule has 0 saturated heterocycles. The molecule has 0 spiro atoms. The van der Waals surface area contributed by atoms with Crippen LogP contribution in [0.2, 0.25) is 10.2 Å². The maximum Gasteiger partial charge on any atom is 0.405 e. The van der Waals surface area contributed by atoms with E-state index in [2.05, 4.69) is 15.3 Å². The van der Waals surface area contributed by atoms with Crippen LogP contribution in [0.3, 0.4) is 0 Å². The number of nitrogens with zero attached hydrogens (tertiary/aromatic N) is 2. The van der Waals surface area contributed by atoms with Gasteiger partial charge >= 0.3 is 6.09 Å². The Morgan fingerprint density at radius 3 is 2.73 bits per heavy atom. The summed E-state index contributed by atoms with van der Waals surface area (Å²) in [5.41, 5.74) is 1.60. The Kier molecular flexibility index (Phi) is 5.73. The second-order valence-electron chi connectivity index (χ2n) is 5.35. The third kappa shape index (κ3) is 3.96. The van der Waals surface area contributed by atoms with Crippen molar-refractivity contribution in [1.82, 2.24) is 15.3 Å². The Bertz CT molecular complexity index is 935. The van der Waals surface area contributed by atoms with Gasteiger partial charge in [-0.05, 0) is 34.7 Å². The number of halogens is 2. The smallest absolute Gasteiger partial charge is 0.405 e. The van der Waals surface area contributed by atoms with Crippen molar-refractivity contribution in [3.05, 3.63) is 80.0 Å². The van der Waals surface area contributed by atoms with E-state index in [1.165, 1.54) is 23.9 Å². The van der Waals surface area contributed by atoms with Crippen molar-refractivity contribution in [1.29, 1.82) is 0 Å². The van der Waals surface area contributed by atoms with E-state index in [1.807, 2.05) is 0 Å². The van der Waals surface area contributed by atoms with E-state index in [9.17, 15) is 15.0 Å². The van der Waals surface area contributed by atoms with Gasteiger partial charge in [0.25, 0.3) is 0 Å². The van der Waals surface area contributed by atoms with Gasteiger partial charge in [0.05, 0.1) is 6.04 Å². The molecule has 0 aliphatic rings. The largest absolute Gasteiger partial charge is 0.465 e. The van der Waals surface area contributed by atoms with E-state index in [1.54, 1.807) is 35.7 Å². The Balaban J connectivity index is 2.06. The van der Waals surface area contributed by atoms with Crippen LogP contribution >= 0.6 is 34.5 Å². The Morgan fingerprint density at radius 2 is 2.04 bits per heavy atom. The molecule has 6 nitrogen and oxygen atoms in total. The van der Waals surface area contributed by atoms with Crippen LogP contribution in [-0.2, 0) is 0 Å². The summed E-state index contributed by atoms with van der Waals surface area (Å²) < 4.78 is 0. The Labute approximate surface area is 163 Å². The first-order valence-electron chi connectivity index (χ1n) is 7.43. The van der Waals surface area contributed by atoms with Gasteiger partial charge in [0.2, 0.25) is 0 Å². The summed E-state index contributed by atoms with van der Waals surface area (Å²) in [5.74, 6) is 0. The van der Waals surface area contributed by atoms with Crippen molar-refractivity contribution in [3.63, 3.8) is 0 Å². The number of thiophene rings is 1. The Hall–Kier alpha value is -2.19. The normalized spacial score (nSPS) is 13.2. The summed E-state index contributed by atoms with van der Waals surface area (Å²) in [5, 5.41) is 24.9. The van der Waals surface area contributed by atoms with Gasteiger partial charge in [-0.1, -0.05) is 35.3 Å². The predicted molar refractivity (Wildman–Crippen MR) is 99.9 cm³/mol. The fourth-order valence-electron chi connectivity index (χ4n) is 2.59. The van der Waals surface area contributed by atoms with E-state index in [0.717, 1.165) is 0 Å². The summed E-state index contributed by atoms with van der Waals surface area (Å²) in [6.07, 6.45) is 0.440. The Morgan fingerprint density at radius 1 is 1.23 bits per heavy atom. The van der Waals surface area contributed by atoms with Crippen LogP contribution in [0.1, 0.15) is 33.7 Å². The molecule has 2 heterocycles. The van der Waals surface area contributed by atoms with E-state index in [4.69, 9.17) is 23.2 Å². The summed E-state index contributed by atoms with van der Waals surface area (Å²) in [6, 6.07) is 7.92. The standard InChI is InChI=1S/C17H13Cl2N3O3S/c18-10-3-1-2-9(6-10)13(22-17(24)25)11-4-5-26-15(11)14(23)12-7-20-8-21-16(12)19/h1-8,13-14,22-23H,(H,24,25)/t13-,14-/m1/s1. The van der Waals surface area contributed by atoms with Gasteiger partial charge in [-0.25, -0.2) is 14.8 Å². The molecule has 3 rings (SSSR count). The van der Waals surface area contributed by atoms with E-state index < -0.39 is 18.2 Å². The molecule has 0 bridgehead atoms. The van der Waals surface area contributed by atoms with Crippen LogP contribution < -0.4 is 5.32 Å². The third-order valence-corrected chi connectivity index (χ3v) is 5.26. The van der Waals surface area contributed by atoms with Crippen LogP contribution in [-0.4, -0.2) is 26.3 Å². The minimum atomic E-state index is -1.19. The molecule has 0 fully saturated rings. The minimum absolute atomic E-state index is 0.136. The lowest BCUT2D eigenvalue weighted by molar-refractivity contribution is 0.191. The highest BCUT2D eigenvalue weighted by Crippen LogP contribution is 2.37. The average Bonchev–Trinajstić information content (AvgIpc) is 3.08. The summed E-state index contributed by atoms with van der Waals surface area (Å²) in [6.45, 7) is 0. The summed E-state index contributed by atoms with van der Waals surface area (Å²) in [7, 11) is 0. The molecule has 0 aliphatic heterocycles. The van der Waals surface area contributed by atoms with Crippen molar-refractivity contribution >= 4 is 40.6 Å². The number of amides is 1. The van der Waals surface area contributed by atoms with Gasteiger partial charge in [0.1, 0.15) is 17.6 Å². The molecule has 1 amide bonds. The SMILES string of the molecule is O=C(O)N[C@H](c1cccc(Cl)c1)c1ccsc1[C@H](O)c1cncnc1Cl. The molecule has 2 aromatic heterocycles. The molecule has 0 radical (unpaired) electrons. The topological polar surface area (TPSA) is 95.3 Å². The third-order valence-electron chi connectivity index (χ3n) is 3.72. The van der Waals surface area contributed by atoms with Crippen molar-refractivity contribution in [3.8, 4) is 0 Å². The highest BCUT2D eigenvalue weighted by molar-refractivity contribution is 7.10. The number of benzene rings is 1. The van der Waals surface area contributed by atoms with Crippen molar-refractivity contribution in [2.75, 3.05) is 0 Å². The number of nitrogens with one attached hydrogen (secondary N) is 1. The zero-order valence-electron chi connectivity index (χ0n) is 13.1. The van der Waals surface area contributed by atoms with E-state index in [0.29, 0.717) is 26.6 Å². The molecular weight excluding hydrogens is 397 g/mol. The van der Waals surface area contributed by atoms with Gasteiger partial charge in [-0.3, -0.25) is 0 Å². The number of hydrogen-bond donors (Lipinski definition) is 3. The number of hydrogen-bond acceptors (Lipinski definition) is 5. The maximum atomic E-state index is 11.3. The van der Waals surface area contributed by atoms with Crippen LogP contribution in [0.25, 0.3) is 0 Å². The predicted octanol–water partition coefficient (Wildman–Crippen LogP) is 4.28. The second kappa shape index (κ2) is 8.01. The molecule has 3 N–H and O–H groups in total. The minimum Gasteiger partial charge on any atom is -0.465 e. The van der Waals surface area contributed by atoms with Gasteiger partial charge < -0.3 is 15.5 Å². The molecule has 0 aliphatic carbocycles. The maximum absolute atomic E-state index is 11.3. The van der Waals surface area contributed by atoms with Crippen LogP contribution in [0.15, 0.2) is 48.2 Å². The van der Waals surface area contributed by atoms with Crippen LogP contribution in [0.4, 0.5) is 4.79 Å². The second-order valence-corrected chi connectivity index (χ2v) is 7.09. The fraction of sp³-hybridized carbons (Fsp3) is 0.118. The van der Waals surface area contributed by atoms with Gasteiger partial charge in [-0.15, -0.1) is 11.3 Å². The molecule has 3 aromatic rings. The van der Waals surface area contributed by atoms with Gasteiger partial charge in [-0.2, -0.15) is 0 Å². The number of aromatic nitrogens is 2. The molecule has 2 atom stereocenters. The monoisotopic (exact) mass is 409 g/mol. The molecule has 0 unspecified atom stereocenters. The van der Waals surface area contributed by atoms with Crippen molar-refractivity contribution in [2.45, 2.75) is 12.1 Å². The van der Waals surface area contributed by atoms with Crippen molar-refractivity contribution < 1.29 is 15.0 Å². The summed E-state index contributed by atoms with van der Waals surface area (Å²) in [4.78, 5) is 19.6. The number of carboxylic acid groups (broad SMARTS) is 1. The van der Waals surface area contributed by atoms with E-state index >= 15 is 0 Å². The number of rotatable bonds is 5. The molecule has 0 saturated carbocycles. The zero-order chi connectivity index (χ0) is 18.7. The lowest BCUT2D eigenvalue weighted by Crippen LogP contribution is -2.28. The molecule has 1 aromatic carbocycles. The molecule has 134 valence electrons. The number of aliphatic hydroxyl groups is 1. The van der Waals surface area contributed by atoms with Gasteiger partial charge in [0, 0.05) is 21.7 Å². The molecule has 26 heavy (non-hydrogen) atoms.